The molecule has 5 nitrogen and oxygen atoms in total. The van der Waals surface area contributed by atoms with Crippen molar-refractivity contribution in [2.45, 2.75) is 11.8 Å². The Morgan fingerprint density at radius 3 is 2.57 bits per heavy atom. The average molecular weight is 437 g/mol. The van der Waals surface area contributed by atoms with Crippen molar-refractivity contribution in [3.05, 3.63) is 27.2 Å². The summed E-state index contributed by atoms with van der Waals surface area (Å²) < 4.78 is 34.2. The zero-order valence-electron chi connectivity index (χ0n) is 10.9. The van der Waals surface area contributed by atoms with Crippen LogP contribution in [0.4, 0.5) is 0 Å². The van der Waals surface area contributed by atoms with Crippen molar-refractivity contribution in [2.24, 2.45) is 0 Å². The second-order valence-corrected chi connectivity index (χ2v) is 9.56. The summed E-state index contributed by atoms with van der Waals surface area (Å²) in [7, 11) is 0.278. The van der Waals surface area contributed by atoms with Gasteiger partial charge in [-0.15, -0.1) is 0 Å². The normalized spacial score (nSPS) is 13.0. The lowest BCUT2D eigenvalue weighted by Gasteiger charge is -2.09. The zero-order chi connectivity index (χ0) is 16.2. The molecule has 1 aromatic carbocycles. The minimum atomic E-state index is -3.98. The molecule has 0 aliphatic heterocycles. The van der Waals surface area contributed by atoms with Gasteiger partial charge in [0, 0.05) is 44.0 Å². The first kappa shape index (κ1) is 18.9. The fourth-order valence-electron chi connectivity index (χ4n) is 1.39. The Hall–Kier alpha value is -0.150. The van der Waals surface area contributed by atoms with Crippen molar-refractivity contribution in [1.29, 1.82) is 0 Å². The highest BCUT2D eigenvalue weighted by Crippen LogP contribution is 2.31. The Balaban J connectivity index is 2.99. The number of hydrogen-bond acceptors (Lipinski definition) is 4. The maximum Gasteiger partial charge on any atom is 0.261 e. The number of nitrogens with one attached hydrogen (secondary N) is 1. The van der Waals surface area contributed by atoms with E-state index in [1.807, 2.05) is 0 Å². The molecule has 0 saturated carbocycles. The van der Waals surface area contributed by atoms with Crippen molar-refractivity contribution < 1.29 is 17.4 Å². The minimum absolute atomic E-state index is 0.0208. The maximum atomic E-state index is 12.0. The van der Waals surface area contributed by atoms with Crippen molar-refractivity contribution in [2.75, 3.05) is 18.1 Å². The van der Waals surface area contributed by atoms with Gasteiger partial charge in [0.1, 0.15) is 0 Å². The fraction of sp³-hybridized carbons (Fsp3) is 0.364. The summed E-state index contributed by atoms with van der Waals surface area (Å²) in [6.07, 6.45) is 0. The molecule has 0 heterocycles. The first-order chi connectivity index (χ1) is 9.66. The first-order valence-corrected chi connectivity index (χ1v) is 10.7. The van der Waals surface area contributed by atoms with E-state index in [2.05, 4.69) is 21.2 Å². The van der Waals surface area contributed by atoms with E-state index in [1.54, 1.807) is 6.92 Å². The Morgan fingerprint density at radius 2 is 2.05 bits per heavy atom. The monoisotopic (exact) mass is 435 g/mol. The van der Waals surface area contributed by atoms with Gasteiger partial charge in [-0.25, -0.2) is 8.42 Å². The van der Waals surface area contributed by atoms with E-state index in [4.69, 9.17) is 22.3 Å². The Morgan fingerprint density at radius 1 is 1.43 bits per heavy atom. The van der Waals surface area contributed by atoms with E-state index in [9.17, 15) is 17.4 Å². The zero-order valence-corrected chi connectivity index (χ0v) is 15.6. The molecule has 21 heavy (non-hydrogen) atoms. The van der Waals surface area contributed by atoms with Crippen LogP contribution in [0.15, 0.2) is 21.5 Å². The van der Waals surface area contributed by atoms with Crippen LogP contribution in [0, 0.1) is 0 Å². The minimum Gasteiger partial charge on any atom is -0.351 e. The van der Waals surface area contributed by atoms with Crippen molar-refractivity contribution in [3.8, 4) is 0 Å². The summed E-state index contributed by atoms with van der Waals surface area (Å²) in [5.41, 5.74) is -0.0208. The molecular formula is C11H12BrCl2NO4S2. The number of carbonyl (C=O) groups is 1. The van der Waals surface area contributed by atoms with E-state index in [1.165, 1.54) is 6.07 Å². The molecule has 10 heteroatoms. The van der Waals surface area contributed by atoms with Crippen LogP contribution in [0.2, 0.25) is 5.02 Å². The molecule has 0 saturated heterocycles. The molecule has 1 atom stereocenters. The lowest BCUT2D eigenvalue weighted by atomic mass is 10.2. The number of benzene rings is 1. The van der Waals surface area contributed by atoms with Gasteiger partial charge in [0.05, 0.1) is 15.5 Å². The Bertz CT molecular complexity index is 679. The van der Waals surface area contributed by atoms with Gasteiger partial charge in [0.25, 0.3) is 15.0 Å². The van der Waals surface area contributed by atoms with Crippen LogP contribution in [0.1, 0.15) is 17.3 Å². The summed E-state index contributed by atoms with van der Waals surface area (Å²) in [5, 5.41) is 2.61. The third-order valence-corrected chi connectivity index (χ3v) is 6.36. The molecule has 0 fully saturated rings. The van der Waals surface area contributed by atoms with Gasteiger partial charge >= 0.3 is 0 Å². The molecule has 1 amide bonds. The van der Waals surface area contributed by atoms with Crippen molar-refractivity contribution in [3.63, 3.8) is 0 Å². The molecule has 1 rings (SSSR count). The molecular weight excluding hydrogens is 425 g/mol. The molecule has 0 bridgehead atoms. The van der Waals surface area contributed by atoms with Gasteiger partial charge in [-0.1, -0.05) is 18.5 Å². The van der Waals surface area contributed by atoms with Crippen molar-refractivity contribution >= 4 is 64.0 Å². The van der Waals surface area contributed by atoms with E-state index < -0.39 is 25.8 Å². The second-order valence-electron chi connectivity index (χ2n) is 3.89. The molecule has 1 unspecified atom stereocenters. The predicted molar refractivity (Wildman–Crippen MR) is 88.1 cm³/mol. The van der Waals surface area contributed by atoms with E-state index >= 15 is 0 Å². The van der Waals surface area contributed by atoms with Crippen molar-refractivity contribution in [1.82, 2.24) is 5.32 Å². The summed E-state index contributed by atoms with van der Waals surface area (Å²) in [4.78, 5) is 11.8. The van der Waals surface area contributed by atoms with E-state index in [0.29, 0.717) is 11.5 Å². The number of hydrogen-bond donors (Lipinski definition) is 1. The van der Waals surface area contributed by atoms with Gasteiger partial charge in [0.2, 0.25) is 0 Å². The van der Waals surface area contributed by atoms with Crippen LogP contribution in [0.25, 0.3) is 0 Å². The van der Waals surface area contributed by atoms with Gasteiger partial charge < -0.3 is 5.32 Å². The third kappa shape index (κ3) is 5.52. The highest BCUT2D eigenvalue weighted by Gasteiger charge is 2.19. The lowest BCUT2D eigenvalue weighted by molar-refractivity contribution is 0.0956. The number of amides is 1. The summed E-state index contributed by atoms with van der Waals surface area (Å²) in [6, 6.07) is 2.31. The van der Waals surface area contributed by atoms with Crippen LogP contribution in [-0.2, 0) is 19.9 Å². The predicted octanol–water partition coefficient (Wildman–Crippen LogP) is 2.53. The topological polar surface area (TPSA) is 80.3 Å². The van der Waals surface area contributed by atoms with Crippen LogP contribution in [-0.4, -0.2) is 36.6 Å². The highest BCUT2D eigenvalue weighted by molar-refractivity contribution is 9.10. The number of rotatable bonds is 6. The largest absolute Gasteiger partial charge is 0.351 e. The van der Waals surface area contributed by atoms with Crippen LogP contribution in [0.5, 0.6) is 0 Å². The van der Waals surface area contributed by atoms with Crippen LogP contribution < -0.4 is 5.32 Å². The fourth-order valence-corrected chi connectivity index (χ4v) is 3.60. The maximum absolute atomic E-state index is 12.0. The molecule has 0 aromatic heterocycles. The van der Waals surface area contributed by atoms with E-state index in [-0.39, 0.29) is 26.5 Å². The molecule has 1 aromatic rings. The van der Waals surface area contributed by atoms with Gasteiger partial charge in [-0.05, 0) is 28.1 Å². The van der Waals surface area contributed by atoms with Gasteiger partial charge in [0.15, 0.2) is 0 Å². The average Bonchev–Trinajstić information content (AvgIpc) is 2.39. The second kappa shape index (κ2) is 7.92. The Labute approximate surface area is 143 Å². The molecule has 118 valence electrons. The SMILES string of the molecule is CCS(=O)CCNC(=O)c1cc(S(=O)(=O)Cl)cc(Br)c1Cl. The molecule has 0 aliphatic carbocycles. The summed E-state index contributed by atoms with van der Waals surface area (Å²) in [6.45, 7) is 1.98. The Kier molecular flexibility index (Phi) is 7.12. The molecule has 0 radical (unpaired) electrons. The van der Waals surface area contributed by atoms with Crippen LogP contribution in [0.3, 0.4) is 0 Å². The number of carbonyl (C=O) groups excluding carboxylic acids is 1. The van der Waals surface area contributed by atoms with Gasteiger partial charge in [-0.2, -0.15) is 0 Å². The highest BCUT2D eigenvalue weighted by atomic mass is 79.9. The third-order valence-electron chi connectivity index (χ3n) is 2.47. The molecule has 0 spiro atoms. The standard InChI is InChI=1S/C11H12BrCl2NO4S2/c1-2-20(17)4-3-15-11(16)8-5-7(21(14,18)19)6-9(12)10(8)13/h5-6H,2-4H2,1H3,(H,15,16). The summed E-state index contributed by atoms with van der Waals surface area (Å²) in [5.74, 6) is 0.257. The molecule has 1 N–H and O–H groups in total. The number of halogens is 3. The smallest absolute Gasteiger partial charge is 0.261 e. The van der Waals surface area contributed by atoms with Gasteiger partial charge in [-0.3, -0.25) is 9.00 Å². The van der Waals surface area contributed by atoms with Crippen LogP contribution >= 0.6 is 38.2 Å². The first-order valence-electron chi connectivity index (χ1n) is 5.73. The lowest BCUT2D eigenvalue weighted by Crippen LogP contribution is -2.28. The molecule has 0 aliphatic rings. The summed E-state index contributed by atoms with van der Waals surface area (Å²) >= 11 is 9.05. The van der Waals surface area contributed by atoms with E-state index in [0.717, 1.165) is 6.07 Å². The quantitative estimate of drug-likeness (QED) is 0.694.